The summed E-state index contributed by atoms with van der Waals surface area (Å²) in [6.07, 6.45) is -1.54. The molecule has 1 saturated heterocycles. The van der Waals surface area contributed by atoms with Crippen LogP contribution in [0.2, 0.25) is 0 Å². The minimum atomic E-state index is -5.08. The van der Waals surface area contributed by atoms with E-state index in [-0.39, 0.29) is 29.8 Å². The highest BCUT2D eigenvalue weighted by Crippen LogP contribution is 2.33. The van der Waals surface area contributed by atoms with Crippen LogP contribution in [0.25, 0.3) is 22.1 Å². The molecule has 0 saturated carbocycles. The van der Waals surface area contributed by atoms with Crippen LogP contribution in [-0.4, -0.2) is 81.7 Å². The van der Waals surface area contributed by atoms with Crippen LogP contribution < -0.4 is 4.74 Å². The van der Waals surface area contributed by atoms with Gasteiger partial charge in [0.2, 0.25) is 0 Å². The molecule has 0 bridgehead atoms. The number of furan rings is 1. The van der Waals surface area contributed by atoms with Gasteiger partial charge in [-0.25, -0.2) is 18.6 Å². The van der Waals surface area contributed by atoms with Crippen molar-refractivity contribution in [3.05, 3.63) is 70.4 Å². The molecule has 1 aliphatic heterocycles. The van der Waals surface area contributed by atoms with Gasteiger partial charge in [-0.2, -0.15) is 13.2 Å². The fourth-order valence-electron chi connectivity index (χ4n) is 4.49. The Morgan fingerprint density at radius 3 is 2.36 bits per heavy atom. The molecule has 2 aromatic carbocycles. The summed E-state index contributed by atoms with van der Waals surface area (Å²) in [5.74, 6) is -5.63. The first-order chi connectivity index (χ1) is 21.3. The average Bonchev–Trinajstić information content (AvgIpc) is 3.78. The summed E-state index contributed by atoms with van der Waals surface area (Å²) in [5, 5.41) is 18.6. The lowest BCUT2D eigenvalue weighted by Gasteiger charge is -2.23. The maximum absolute atomic E-state index is 14.0. The number of hydrogen-bond donors (Lipinski definition) is 2. The van der Waals surface area contributed by atoms with Crippen LogP contribution in [-0.2, 0) is 16.2 Å². The summed E-state index contributed by atoms with van der Waals surface area (Å²) in [6, 6.07) is 9.30. The highest BCUT2D eigenvalue weighted by molar-refractivity contribution is 7.09. The molecule has 2 N–H and O–H groups in total. The Balaban J connectivity index is 0.000000591. The number of carbonyl (C=O) groups excluding carboxylic acids is 1. The second kappa shape index (κ2) is 14.5. The SMILES string of the molecule is O=C(O)C(F)(F)F.O=C(O)CN(CCN1CCCC1)C(=O)c1csc(COc2ccc(-c3cc(F)c(F)c4ccoc34)cc2)n1. The van der Waals surface area contributed by atoms with Crippen LogP contribution in [0.3, 0.4) is 0 Å². The molecule has 1 fully saturated rings. The third-order valence-electron chi connectivity index (χ3n) is 6.67. The highest BCUT2D eigenvalue weighted by atomic mass is 32.1. The topological polar surface area (TPSA) is 133 Å². The lowest BCUT2D eigenvalue weighted by Crippen LogP contribution is -2.41. The van der Waals surface area contributed by atoms with Gasteiger partial charge in [0.1, 0.15) is 35.2 Å². The lowest BCUT2D eigenvalue weighted by molar-refractivity contribution is -0.192. The first-order valence-corrected chi connectivity index (χ1v) is 14.3. The van der Waals surface area contributed by atoms with Crippen molar-refractivity contribution in [3.8, 4) is 16.9 Å². The van der Waals surface area contributed by atoms with Crippen LogP contribution in [0.4, 0.5) is 22.0 Å². The van der Waals surface area contributed by atoms with Gasteiger partial charge in [0, 0.05) is 24.0 Å². The predicted molar refractivity (Wildman–Crippen MR) is 151 cm³/mol. The molecule has 3 heterocycles. The Bertz CT molecular complexity index is 1650. The molecule has 5 rings (SSSR count). The molecule has 1 amide bonds. The maximum atomic E-state index is 14.0. The number of rotatable bonds is 10. The van der Waals surface area contributed by atoms with Crippen molar-refractivity contribution in [1.82, 2.24) is 14.8 Å². The number of aliphatic carboxylic acids is 2. The van der Waals surface area contributed by atoms with Crippen LogP contribution in [0.1, 0.15) is 28.3 Å². The number of amides is 1. The summed E-state index contributed by atoms with van der Waals surface area (Å²) in [4.78, 5) is 41.0. The standard InChI is InChI=1S/C27H25F2N3O5S.C2HF3O2/c28-21-13-20(26-19(25(21)29)7-12-36-26)17-3-5-18(6-4-17)37-15-23-30-22(16-38-23)27(35)32(14-24(33)34)11-10-31-8-1-2-9-31;3-2(4,5)1(6)7/h3-7,12-13,16H,1-2,8-11,14-15H2,(H,33,34);(H,6,7). The maximum Gasteiger partial charge on any atom is 0.490 e. The molecule has 0 spiro atoms. The minimum absolute atomic E-state index is 0.0763. The van der Waals surface area contributed by atoms with E-state index in [9.17, 15) is 36.6 Å². The number of hydrogen-bond acceptors (Lipinski definition) is 8. The van der Waals surface area contributed by atoms with Gasteiger partial charge in [0.05, 0.1) is 11.6 Å². The van der Waals surface area contributed by atoms with E-state index < -0.39 is 35.7 Å². The number of benzene rings is 2. The third kappa shape index (κ3) is 8.76. The minimum Gasteiger partial charge on any atom is -0.486 e. The molecule has 45 heavy (non-hydrogen) atoms. The number of carbonyl (C=O) groups is 3. The molecule has 1 aliphatic rings. The van der Waals surface area contributed by atoms with Crippen LogP contribution in [0, 0.1) is 11.6 Å². The number of alkyl halides is 3. The number of aromatic nitrogens is 1. The highest BCUT2D eigenvalue weighted by Gasteiger charge is 2.38. The van der Waals surface area contributed by atoms with Gasteiger partial charge in [-0.05, 0) is 55.8 Å². The molecule has 16 heteroatoms. The Kier molecular flexibility index (Phi) is 10.7. The molecule has 4 aromatic rings. The monoisotopic (exact) mass is 655 g/mol. The van der Waals surface area contributed by atoms with Crippen molar-refractivity contribution in [2.45, 2.75) is 25.6 Å². The number of fused-ring (bicyclic) bond motifs is 1. The summed E-state index contributed by atoms with van der Waals surface area (Å²) in [5.41, 5.74) is 1.50. The second-order valence-electron chi connectivity index (χ2n) is 9.79. The molecule has 0 atom stereocenters. The lowest BCUT2D eigenvalue weighted by atomic mass is 10.0. The van der Waals surface area contributed by atoms with E-state index in [4.69, 9.17) is 19.1 Å². The third-order valence-corrected chi connectivity index (χ3v) is 7.49. The van der Waals surface area contributed by atoms with Crippen molar-refractivity contribution >= 4 is 40.2 Å². The molecule has 2 aromatic heterocycles. The molecule has 10 nitrogen and oxygen atoms in total. The number of thiazole rings is 1. The van der Waals surface area contributed by atoms with Crippen LogP contribution in [0.15, 0.2) is 52.5 Å². The van der Waals surface area contributed by atoms with Gasteiger partial charge in [-0.15, -0.1) is 11.3 Å². The van der Waals surface area contributed by atoms with Crippen molar-refractivity contribution in [2.75, 3.05) is 32.7 Å². The smallest absolute Gasteiger partial charge is 0.486 e. The molecule has 0 unspecified atom stereocenters. The molecular weight excluding hydrogens is 629 g/mol. The number of ether oxygens (including phenoxy) is 1. The Hall–Kier alpha value is -4.57. The largest absolute Gasteiger partial charge is 0.490 e. The zero-order valence-corrected chi connectivity index (χ0v) is 24.2. The Labute approximate surface area is 256 Å². The molecule has 240 valence electrons. The molecule has 0 radical (unpaired) electrons. The van der Waals surface area contributed by atoms with E-state index >= 15 is 0 Å². The van der Waals surface area contributed by atoms with Crippen LogP contribution in [0.5, 0.6) is 5.75 Å². The van der Waals surface area contributed by atoms with Crippen molar-refractivity contribution in [3.63, 3.8) is 0 Å². The van der Waals surface area contributed by atoms with Crippen LogP contribution >= 0.6 is 11.3 Å². The van der Waals surface area contributed by atoms with E-state index in [1.165, 1.54) is 28.6 Å². The number of carboxylic acid groups (broad SMARTS) is 2. The Morgan fingerprint density at radius 1 is 1.07 bits per heavy atom. The summed E-state index contributed by atoms with van der Waals surface area (Å²) in [6.45, 7) is 2.60. The zero-order valence-electron chi connectivity index (χ0n) is 23.4. The Morgan fingerprint density at radius 2 is 1.73 bits per heavy atom. The number of nitrogens with zero attached hydrogens (tertiary/aromatic N) is 3. The predicted octanol–water partition coefficient (Wildman–Crippen LogP) is 5.67. The normalized spacial score (nSPS) is 13.4. The fourth-order valence-corrected chi connectivity index (χ4v) is 5.17. The van der Waals surface area contributed by atoms with Gasteiger partial charge in [0.25, 0.3) is 5.91 Å². The number of carboxylic acids is 2. The van der Waals surface area contributed by atoms with E-state index in [0.29, 0.717) is 35.0 Å². The average molecular weight is 656 g/mol. The molecule has 0 aliphatic carbocycles. The first-order valence-electron chi connectivity index (χ1n) is 13.4. The van der Waals surface area contributed by atoms with Crippen molar-refractivity contribution < 1.29 is 55.7 Å². The molecular formula is C29H26F5N3O7S. The quantitative estimate of drug-likeness (QED) is 0.207. The zero-order chi connectivity index (χ0) is 32.7. The summed E-state index contributed by atoms with van der Waals surface area (Å²) >= 11 is 1.25. The van der Waals surface area contributed by atoms with Crippen molar-refractivity contribution in [2.24, 2.45) is 0 Å². The van der Waals surface area contributed by atoms with Gasteiger partial charge in [-0.3, -0.25) is 9.59 Å². The van der Waals surface area contributed by atoms with E-state index in [2.05, 4.69) is 9.88 Å². The first kappa shape index (κ1) is 33.3. The summed E-state index contributed by atoms with van der Waals surface area (Å²) in [7, 11) is 0. The van der Waals surface area contributed by atoms with Gasteiger partial charge < -0.3 is 29.2 Å². The van der Waals surface area contributed by atoms with E-state index in [1.54, 1.807) is 29.6 Å². The van der Waals surface area contributed by atoms with Gasteiger partial charge in [-0.1, -0.05) is 12.1 Å². The van der Waals surface area contributed by atoms with E-state index in [1.807, 2.05) is 0 Å². The number of halogens is 5. The second-order valence-corrected chi connectivity index (χ2v) is 10.7. The van der Waals surface area contributed by atoms with Gasteiger partial charge >= 0.3 is 18.1 Å². The fraction of sp³-hybridized carbons (Fsp3) is 0.310. The van der Waals surface area contributed by atoms with Crippen molar-refractivity contribution in [1.29, 1.82) is 0 Å². The van der Waals surface area contributed by atoms with E-state index in [0.717, 1.165) is 32.0 Å². The summed E-state index contributed by atoms with van der Waals surface area (Å²) < 4.78 is 70.9. The number of likely N-dealkylation sites (tertiary alicyclic amines) is 1. The van der Waals surface area contributed by atoms with Gasteiger partial charge in [0.15, 0.2) is 11.6 Å².